The van der Waals surface area contributed by atoms with Gasteiger partial charge in [0.1, 0.15) is 5.60 Å². The summed E-state index contributed by atoms with van der Waals surface area (Å²) in [5.41, 5.74) is -0.512. The van der Waals surface area contributed by atoms with Crippen LogP contribution in [0.4, 0.5) is 4.79 Å². The molecule has 10 nitrogen and oxygen atoms in total. The van der Waals surface area contributed by atoms with E-state index in [2.05, 4.69) is 15.6 Å². The van der Waals surface area contributed by atoms with Gasteiger partial charge in [-0.15, -0.1) is 0 Å². The highest BCUT2D eigenvalue weighted by molar-refractivity contribution is 7.89. The van der Waals surface area contributed by atoms with Gasteiger partial charge in [0.2, 0.25) is 10.0 Å². The third kappa shape index (κ3) is 10.4. The first-order chi connectivity index (χ1) is 13.9. The van der Waals surface area contributed by atoms with E-state index in [4.69, 9.17) is 9.47 Å². The summed E-state index contributed by atoms with van der Waals surface area (Å²) in [5, 5.41) is 5.98. The van der Waals surface area contributed by atoms with Crippen LogP contribution in [0.5, 0.6) is 0 Å². The van der Waals surface area contributed by atoms with E-state index in [-0.39, 0.29) is 18.5 Å². The van der Waals surface area contributed by atoms with Crippen LogP contribution in [0.3, 0.4) is 0 Å². The number of rotatable bonds is 9. The lowest BCUT2D eigenvalue weighted by atomic mass is 10.2. The Kier molecular flexibility index (Phi) is 10.9. The van der Waals surface area contributed by atoms with E-state index in [0.29, 0.717) is 45.7 Å². The van der Waals surface area contributed by atoms with Crippen LogP contribution in [-0.2, 0) is 19.5 Å². The van der Waals surface area contributed by atoms with Crippen molar-refractivity contribution in [1.29, 1.82) is 0 Å². The molecule has 1 heterocycles. The van der Waals surface area contributed by atoms with E-state index in [9.17, 15) is 13.2 Å². The van der Waals surface area contributed by atoms with Crippen LogP contribution < -0.4 is 10.6 Å². The molecule has 1 saturated heterocycles. The monoisotopic (exact) mass is 449 g/mol. The van der Waals surface area contributed by atoms with Gasteiger partial charge in [-0.1, -0.05) is 0 Å². The van der Waals surface area contributed by atoms with Crippen molar-refractivity contribution in [2.75, 3.05) is 58.7 Å². The Morgan fingerprint density at radius 3 is 2.23 bits per heavy atom. The molecule has 0 aliphatic carbocycles. The van der Waals surface area contributed by atoms with Crippen LogP contribution in [0.1, 0.15) is 41.0 Å². The number of nitrogens with zero attached hydrogens (tertiary/aromatic N) is 3. The van der Waals surface area contributed by atoms with E-state index in [1.165, 1.54) is 4.31 Å². The Morgan fingerprint density at radius 2 is 1.70 bits per heavy atom. The van der Waals surface area contributed by atoms with Crippen LogP contribution in [0.2, 0.25) is 0 Å². The molecule has 1 aliphatic heterocycles. The number of sulfonamides is 1. The second-order valence-electron chi connectivity index (χ2n) is 8.38. The summed E-state index contributed by atoms with van der Waals surface area (Å²) in [6.07, 6.45) is 0.302. The molecular weight excluding hydrogens is 410 g/mol. The molecule has 1 fully saturated rings. The first kappa shape index (κ1) is 26.4. The number of carbonyl (C=O) groups is 1. The van der Waals surface area contributed by atoms with Crippen LogP contribution in [0, 0.1) is 0 Å². The molecule has 1 amide bonds. The van der Waals surface area contributed by atoms with Gasteiger partial charge in [0.25, 0.3) is 0 Å². The number of hydrogen-bond donors (Lipinski definition) is 2. The average molecular weight is 450 g/mol. The van der Waals surface area contributed by atoms with Gasteiger partial charge >= 0.3 is 6.09 Å². The Balaban J connectivity index is 2.32. The lowest BCUT2D eigenvalue weighted by molar-refractivity contribution is 0.0527. The van der Waals surface area contributed by atoms with E-state index in [0.717, 1.165) is 5.96 Å². The summed E-state index contributed by atoms with van der Waals surface area (Å²) in [5.74, 6) is 0.732. The fraction of sp³-hybridized carbons (Fsp3) is 0.895. The number of amides is 1. The lowest BCUT2D eigenvalue weighted by Gasteiger charge is -2.35. The SMILES string of the molecule is CN=C(NCCCNC(=O)OC(C)(C)C)N1CCN(S(=O)(=O)CCOC(C)C)CC1. The molecule has 30 heavy (non-hydrogen) atoms. The number of hydrogen-bond acceptors (Lipinski definition) is 6. The molecule has 0 bridgehead atoms. The first-order valence-corrected chi connectivity index (χ1v) is 12.1. The highest BCUT2D eigenvalue weighted by Crippen LogP contribution is 2.09. The van der Waals surface area contributed by atoms with E-state index in [1.807, 2.05) is 39.5 Å². The molecule has 11 heteroatoms. The molecule has 176 valence electrons. The highest BCUT2D eigenvalue weighted by atomic mass is 32.2. The number of carbonyl (C=O) groups excluding carboxylic acids is 1. The fourth-order valence-electron chi connectivity index (χ4n) is 2.82. The van der Waals surface area contributed by atoms with Gasteiger partial charge in [0, 0.05) is 46.3 Å². The predicted octanol–water partition coefficient (Wildman–Crippen LogP) is 0.849. The van der Waals surface area contributed by atoms with Crippen molar-refractivity contribution in [3.63, 3.8) is 0 Å². The predicted molar refractivity (Wildman–Crippen MR) is 118 cm³/mol. The Hall–Kier alpha value is -1.59. The minimum atomic E-state index is -3.31. The largest absolute Gasteiger partial charge is 0.444 e. The zero-order valence-corrected chi connectivity index (χ0v) is 20.0. The molecular formula is C19H39N5O5S. The molecule has 0 saturated carbocycles. The highest BCUT2D eigenvalue weighted by Gasteiger charge is 2.28. The molecule has 0 spiro atoms. The van der Waals surface area contributed by atoms with Crippen molar-refractivity contribution < 1.29 is 22.7 Å². The number of aliphatic imine (C=N–C) groups is 1. The molecule has 0 aromatic rings. The lowest BCUT2D eigenvalue weighted by Crippen LogP contribution is -2.54. The molecule has 1 aliphatic rings. The Labute approximate surface area is 181 Å². The Morgan fingerprint density at radius 1 is 1.10 bits per heavy atom. The van der Waals surface area contributed by atoms with Crippen LogP contribution in [0.15, 0.2) is 4.99 Å². The van der Waals surface area contributed by atoms with Crippen molar-refractivity contribution in [3.8, 4) is 0 Å². The molecule has 1 rings (SSSR count). The summed E-state index contributed by atoms with van der Waals surface area (Å²) < 4.78 is 37.0. The topological polar surface area (TPSA) is 113 Å². The van der Waals surface area contributed by atoms with Crippen molar-refractivity contribution >= 4 is 22.1 Å². The van der Waals surface area contributed by atoms with Gasteiger partial charge in [0.15, 0.2) is 5.96 Å². The zero-order chi connectivity index (χ0) is 22.8. The standard InChI is InChI=1S/C19H39N5O5S/c1-16(2)28-14-15-30(26,27)24-12-10-23(11-13-24)17(20-6)21-8-7-9-22-18(25)29-19(3,4)5/h16H,7-15H2,1-6H3,(H,20,21)(H,22,25). The average Bonchev–Trinajstić information content (AvgIpc) is 2.63. The second kappa shape index (κ2) is 12.3. The number of piperazine rings is 1. The number of ether oxygens (including phenoxy) is 2. The molecule has 2 N–H and O–H groups in total. The summed E-state index contributed by atoms with van der Waals surface area (Å²) in [6, 6.07) is 0. The van der Waals surface area contributed by atoms with Gasteiger partial charge in [-0.25, -0.2) is 13.2 Å². The Bertz CT molecular complexity index is 653. The van der Waals surface area contributed by atoms with Crippen molar-refractivity contribution in [1.82, 2.24) is 19.8 Å². The van der Waals surface area contributed by atoms with Gasteiger partial charge in [-0.05, 0) is 41.0 Å². The van der Waals surface area contributed by atoms with Crippen molar-refractivity contribution in [3.05, 3.63) is 0 Å². The molecule has 0 radical (unpaired) electrons. The molecule has 0 aromatic carbocycles. The van der Waals surface area contributed by atoms with Crippen molar-refractivity contribution in [2.45, 2.75) is 52.7 Å². The maximum absolute atomic E-state index is 12.4. The number of nitrogens with one attached hydrogen (secondary N) is 2. The smallest absolute Gasteiger partial charge is 0.407 e. The van der Waals surface area contributed by atoms with Gasteiger partial charge in [-0.2, -0.15) is 4.31 Å². The number of guanidine groups is 1. The summed E-state index contributed by atoms with van der Waals surface area (Å²) in [6.45, 7) is 12.6. The number of alkyl carbamates (subject to hydrolysis) is 1. The maximum Gasteiger partial charge on any atom is 0.407 e. The van der Waals surface area contributed by atoms with E-state index < -0.39 is 21.7 Å². The van der Waals surface area contributed by atoms with Crippen molar-refractivity contribution in [2.24, 2.45) is 4.99 Å². The van der Waals surface area contributed by atoms with E-state index >= 15 is 0 Å². The first-order valence-electron chi connectivity index (χ1n) is 10.5. The fourth-order valence-corrected chi connectivity index (χ4v) is 4.11. The third-order valence-electron chi connectivity index (χ3n) is 4.24. The molecule has 0 unspecified atom stereocenters. The zero-order valence-electron chi connectivity index (χ0n) is 19.2. The van der Waals surface area contributed by atoms with Gasteiger partial charge < -0.3 is 25.0 Å². The molecule has 0 aromatic heterocycles. The van der Waals surface area contributed by atoms with Crippen LogP contribution in [-0.4, -0.2) is 100 Å². The van der Waals surface area contributed by atoms with Crippen LogP contribution >= 0.6 is 0 Å². The van der Waals surface area contributed by atoms with Gasteiger partial charge in [0.05, 0.1) is 18.5 Å². The normalized spacial score (nSPS) is 16.6. The van der Waals surface area contributed by atoms with Gasteiger partial charge in [-0.3, -0.25) is 4.99 Å². The summed E-state index contributed by atoms with van der Waals surface area (Å²) in [4.78, 5) is 17.9. The minimum absolute atomic E-state index is 0.00278. The minimum Gasteiger partial charge on any atom is -0.444 e. The van der Waals surface area contributed by atoms with Crippen LogP contribution in [0.25, 0.3) is 0 Å². The molecule has 0 atom stereocenters. The quantitative estimate of drug-likeness (QED) is 0.305. The summed E-state index contributed by atoms with van der Waals surface area (Å²) >= 11 is 0. The second-order valence-corrected chi connectivity index (χ2v) is 10.5. The maximum atomic E-state index is 12.4. The third-order valence-corrected chi connectivity index (χ3v) is 6.08. The summed E-state index contributed by atoms with van der Waals surface area (Å²) in [7, 11) is -1.61. The van der Waals surface area contributed by atoms with E-state index in [1.54, 1.807) is 7.05 Å².